The number of aryl methyl sites for hydroxylation is 1. The predicted molar refractivity (Wildman–Crippen MR) is 114 cm³/mol. The summed E-state index contributed by atoms with van der Waals surface area (Å²) in [6.45, 7) is 2.31. The Morgan fingerprint density at radius 3 is 2.60 bits per heavy atom. The van der Waals surface area contributed by atoms with Crippen molar-refractivity contribution >= 4 is 33.0 Å². The molecule has 1 aromatic heterocycles. The molecule has 0 fully saturated rings. The molecule has 0 radical (unpaired) electrons. The zero-order chi connectivity index (χ0) is 21.7. The molecule has 3 N–H and O–H groups in total. The first-order valence-electron chi connectivity index (χ1n) is 8.88. The summed E-state index contributed by atoms with van der Waals surface area (Å²) in [6, 6.07) is 11.9. The summed E-state index contributed by atoms with van der Waals surface area (Å²) >= 11 is 1.40. The number of rotatable bonds is 8. The molecule has 2 aromatic carbocycles. The number of sulfonamides is 1. The van der Waals surface area contributed by atoms with Crippen LogP contribution < -0.4 is 19.9 Å². The maximum absolute atomic E-state index is 12.3. The van der Waals surface area contributed by atoms with Crippen LogP contribution in [0.5, 0.6) is 11.5 Å². The third kappa shape index (κ3) is 5.78. The van der Waals surface area contributed by atoms with E-state index in [1.165, 1.54) is 36.6 Å². The number of methoxy groups -OCH3 is 1. The number of hydrogen-bond donors (Lipinski definition) is 2. The number of carbonyl (C=O) groups is 1. The van der Waals surface area contributed by atoms with Gasteiger partial charge in [0, 0.05) is 11.1 Å². The second-order valence-electron chi connectivity index (χ2n) is 6.47. The maximum Gasteiger partial charge on any atom is 0.241 e. The molecule has 1 heterocycles. The molecular weight excluding hydrogens is 426 g/mol. The summed E-state index contributed by atoms with van der Waals surface area (Å²) in [7, 11) is -2.65. The first-order valence-corrected chi connectivity index (χ1v) is 11.3. The summed E-state index contributed by atoms with van der Waals surface area (Å²) in [5, 5.41) is 10.4. The lowest BCUT2D eigenvalue weighted by Gasteiger charge is -2.10. The van der Waals surface area contributed by atoms with Gasteiger partial charge in [-0.3, -0.25) is 4.79 Å². The number of primary sulfonamides is 1. The lowest BCUT2D eigenvalue weighted by molar-refractivity contribution is -0.115. The van der Waals surface area contributed by atoms with Crippen molar-refractivity contribution in [2.45, 2.75) is 24.8 Å². The monoisotopic (exact) mass is 447 g/mol. The Balaban J connectivity index is 1.60. The van der Waals surface area contributed by atoms with Crippen LogP contribution in [0, 0.1) is 6.92 Å². The molecule has 1 amide bonds. The van der Waals surface area contributed by atoms with E-state index in [-0.39, 0.29) is 23.0 Å². The van der Waals surface area contributed by atoms with Crippen LogP contribution in [-0.2, 0) is 27.8 Å². The van der Waals surface area contributed by atoms with E-state index in [2.05, 4.69) is 10.3 Å². The van der Waals surface area contributed by atoms with Gasteiger partial charge in [-0.25, -0.2) is 18.5 Å². The Hall–Kier alpha value is -2.95. The number of nitrogens with zero attached hydrogens (tertiary/aromatic N) is 1. The number of ether oxygens (including phenoxy) is 2. The third-order valence-electron chi connectivity index (χ3n) is 4.08. The predicted octanol–water partition coefficient (Wildman–Crippen LogP) is 2.87. The van der Waals surface area contributed by atoms with Gasteiger partial charge in [-0.15, -0.1) is 11.3 Å². The first kappa shape index (κ1) is 21.8. The second-order valence-corrected chi connectivity index (χ2v) is 8.94. The van der Waals surface area contributed by atoms with Crippen molar-refractivity contribution in [2.24, 2.45) is 5.14 Å². The van der Waals surface area contributed by atoms with Gasteiger partial charge in [0.1, 0.15) is 28.0 Å². The topological polar surface area (TPSA) is 121 Å². The molecule has 0 saturated carbocycles. The summed E-state index contributed by atoms with van der Waals surface area (Å²) in [5.41, 5.74) is 2.04. The minimum Gasteiger partial charge on any atom is -0.495 e. The molecule has 0 aliphatic rings. The number of benzene rings is 2. The summed E-state index contributed by atoms with van der Waals surface area (Å²) in [6.07, 6.45) is 0.0395. The average molecular weight is 448 g/mol. The molecule has 30 heavy (non-hydrogen) atoms. The van der Waals surface area contributed by atoms with E-state index in [0.29, 0.717) is 18.0 Å². The van der Waals surface area contributed by atoms with E-state index in [1.807, 2.05) is 31.2 Å². The molecule has 0 aliphatic heterocycles. The van der Waals surface area contributed by atoms with Gasteiger partial charge in [0.25, 0.3) is 0 Å². The van der Waals surface area contributed by atoms with Crippen molar-refractivity contribution in [3.8, 4) is 11.5 Å². The molecule has 0 unspecified atom stereocenters. The lowest BCUT2D eigenvalue weighted by Crippen LogP contribution is -2.17. The van der Waals surface area contributed by atoms with Crippen molar-refractivity contribution in [2.75, 3.05) is 12.4 Å². The largest absolute Gasteiger partial charge is 0.495 e. The van der Waals surface area contributed by atoms with E-state index in [0.717, 1.165) is 16.3 Å². The summed E-state index contributed by atoms with van der Waals surface area (Å²) < 4.78 is 34.1. The van der Waals surface area contributed by atoms with Gasteiger partial charge in [-0.05, 0) is 37.3 Å². The van der Waals surface area contributed by atoms with Crippen molar-refractivity contribution < 1.29 is 22.7 Å². The Morgan fingerprint density at radius 1 is 1.20 bits per heavy atom. The highest BCUT2D eigenvalue weighted by atomic mass is 32.2. The van der Waals surface area contributed by atoms with Gasteiger partial charge >= 0.3 is 0 Å². The molecule has 158 valence electrons. The standard InChI is InChI=1S/C20H21N3O5S2/c1-13-3-6-16(7-4-13)28-11-20-23-15(12-29-20)10-19(24)22-14-5-8-17(27-2)18(9-14)30(21,25)26/h3-9,12H,10-11H2,1-2H3,(H,22,24)(H2,21,25,26). The minimum atomic E-state index is -3.99. The van der Waals surface area contributed by atoms with Crippen molar-refractivity contribution in [1.29, 1.82) is 0 Å². The van der Waals surface area contributed by atoms with Gasteiger partial charge in [0.2, 0.25) is 15.9 Å². The fourth-order valence-electron chi connectivity index (χ4n) is 2.62. The Labute approximate surface area is 178 Å². The van der Waals surface area contributed by atoms with Crippen LogP contribution in [0.2, 0.25) is 0 Å². The fraction of sp³-hybridized carbons (Fsp3) is 0.200. The highest BCUT2D eigenvalue weighted by Crippen LogP contribution is 2.26. The third-order valence-corrected chi connectivity index (χ3v) is 5.88. The Kier molecular flexibility index (Phi) is 6.70. The van der Waals surface area contributed by atoms with Crippen molar-refractivity contribution in [3.05, 3.63) is 64.1 Å². The highest BCUT2D eigenvalue weighted by molar-refractivity contribution is 7.89. The highest BCUT2D eigenvalue weighted by Gasteiger charge is 2.17. The molecular formula is C20H21N3O5S2. The van der Waals surface area contributed by atoms with Gasteiger partial charge in [0.15, 0.2) is 0 Å². The van der Waals surface area contributed by atoms with E-state index >= 15 is 0 Å². The summed E-state index contributed by atoms with van der Waals surface area (Å²) in [4.78, 5) is 16.5. The number of amides is 1. The minimum absolute atomic E-state index is 0.0395. The van der Waals surface area contributed by atoms with Gasteiger partial charge in [-0.2, -0.15) is 0 Å². The SMILES string of the molecule is COc1ccc(NC(=O)Cc2csc(COc3ccc(C)cc3)n2)cc1S(N)(=O)=O. The van der Waals surface area contributed by atoms with Crippen LogP contribution in [0.4, 0.5) is 5.69 Å². The maximum atomic E-state index is 12.3. The molecule has 3 aromatic rings. The molecule has 0 spiro atoms. The van der Waals surface area contributed by atoms with Crippen molar-refractivity contribution in [3.63, 3.8) is 0 Å². The molecule has 3 rings (SSSR count). The Morgan fingerprint density at radius 2 is 1.93 bits per heavy atom. The molecule has 0 aliphatic carbocycles. The number of thiazole rings is 1. The van der Waals surface area contributed by atoms with E-state index < -0.39 is 10.0 Å². The molecule has 0 saturated heterocycles. The smallest absolute Gasteiger partial charge is 0.241 e. The normalized spacial score (nSPS) is 11.2. The van der Waals surface area contributed by atoms with Crippen LogP contribution in [0.15, 0.2) is 52.7 Å². The number of carbonyl (C=O) groups excluding carboxylic acids is 1. The zero-order valence-corrected chi connectivity index (χ0v) is 18.0. The van der Waals surface area contributed by atoms with E-state index in [1.54, 1.807) is 5.38 Å². The molecule has 8 nitrogen and oxygen atoms in total. The first-order chi connectivity index (χ1) is 14.2. The van der Waals surface area contributed by atoms with Crippen LogP contribution in [0.3, 0.4) is 0 Å². The number of anilines is 1. The summed E-state index contributed by atoms with van der Waals surface area (Å²) in [5.74, 6) is 0.519. The Bertz CT molecular complexity index is 1140. The van der Waals surface area contributed by atoms with E-state index in [4.69, 9.17) is 14.6 Å². The quantitative estimate of drug-likeness (QED) is 0.548. The van der Waals surface area contributed by atoms with Gasteiger partial charge in [0.05, 0.1) is 19.2 Å². The van der Waals surface area contributed by atoms with Gasteiger partial charge in [-0.1, -0.05) is 17.7 Å². The zero-order valence-electron chi connectivity index (χ0n) is 16.4. The average Bonchev–Trinajstić information content (AvgIpc) is 3.14. The van der Waals surface area contributed by atoms with Gasteiger partial charge < -0.3 is 14.8 Å². The number of nitrogens with two attached hydrogens (primary N) is 1. The van der Waals surface area contributed by atoms with Crippen LogP contribution in [0.25, 0.3) is 0 Å². The van der Waals surface area contributed by atoms with Crippen LogP contribution in [0.1, 0.15) is 16.3 Å². The fourth-order valence-corrected chi connectivity index (χ4v) is 4.05. The second kappa shape index (κ2) is 9.24. The number of aromatic nitrogens is 1. The lowest BCUT2D eigenvalue weighted by atomic mass is 10.2. The van der Waals surface area contributed by atoms with E-state index in [9.17, 15) is 13.2 Å². The van der Waals surface area contributed by atoms with Crippen LogP contribution >= 0.6 is 11.3 Å². The van der Waals surface area contributed by atoms with Crippen molar-refractivity contribution in [1.82, 2.24) is 4.98 Å². The molecule has 10 heteroatoms. The number of nitrogens with one attached hydrogen (secondary N) is 1. The van der Waals surface area contributed by atoms with Crippen LogP contribution in [-0.4, -0.2) is 26.4 Å². The molecule has 0 bridgehead atoms. The molecule has 0 atom stereocenters. The number of hydrogen-bond acceptors (Lipinski definition) is 7.